The maximum Gasteiger partial charge on any atom is 0.154 e. The Labute approximate surface area is 104 Å². The summed E-state index contributed by atoms with van der Waals surface area (Å²) in [5, 5.41) is -0.248. The predicted molar refractivity (Wildman–Crippen MR) is 69.1 cm³/mol. The molecule has 3 N–H and O–H groups in total. The molecule has 4 nitrogen and oxygen atoms in total. The van der Waals surface area contributed by atoms with Crippen molar-refractivity contribution in [1.82, 2.24) is 5.43 Å². The first kappa shape index (κ1) is 13.3. The number of rotatable bonds is 4. The fourth-order valence-electron chi connectivity index (χ4n) is 3.36. The van der Waals surface area contributed by atoms with Crippen LogP contribution in [0.1, 0.15) is 51.4 Å². The number of sulfone groups is 1. The van der Waals surface area contributed by atoms with E-state index in [-0.39, 0.29) is 11.3 Å². The molecule has 0 radical (unpaired) electrons. The molecule has 0 aromatic heterocycles. The maximum absolute atomic E-state index is 12.1. The van der Waals surface area contributed by atoms with Crippen molar-refractivity contribution in [2.24, 2.45) is 11.8 Å². The highest BCUT2D eigenvalue weighted by Gasteiger charge is 2.36. The smallest absolute Gasteiger partial charge is 0.154 e. The summed E-state index contributed by atoms with van der Waals surface area (Å²) in [6, 6.07) is -0.0385. The number of hydrogen-bond acceptors (Lipinski definition) is 4. The van der Waals surface area contributed by atoms with Crippen molar-refractivity contribution in [3.05, 3.63) is 0 Å². The molecule has 1 aliphatic carbocycles. The summed E-state index contributed by atoms with van der Waals surface area (Å²) in [7, 11) is -2.92. The van der Waals surface area contributed by atoms with E-state index in [2.05, 4.69) is 5.43 Å². The third kappa shape index (κ3) is 3.20. The molecule has 2 atom stereocenters. The Morgan fingerprint density at radius 2 is 1.76 bits per heavy atom. The second kappa shape index (κ2) is 5.67. The summed E-state index contributed by atoms with van der Waals surface area (Å²) in [5.41, 5.74) is 2.78. The molecule has 1 aliphatic heterocycles. The quantitative estimate of drug-likeness (QED) is 0.591. The van der Waals surface area contributed by atoms with Gasteiger partial charge in [-0.15, -0.1) is 0 Å². The number of nitrogens with one attached hydrogen (secondary N) is 1. The second-order valence-corrected chi connectivity index (χ2v) is 7.90. The van der Waals surface area contributed by atoms with Crippen molar-refractivity contribution in [3.8, 4) is 0 Å². The molecule has 1 saturated carbocycles. The van der Waals surface area contributed by atoms with Gasteiger partial charge < -0.3 is 0 Å². The maximum atomic E-state index is 12.1. The summed E-state index contributed by atoms with van der Waals surface area (Å²) in [5.74, 6) is 6.61. The van der Waals surface area contributed by atoms with Gasteiger partial charge in [0.15, 0.2) is 9.84 Å². The van der Waals surface area contributed by atoms with Crippen LogP contribution in [-0.4, -0.2) is 25.5 Å². The van der Waals surface area contributed by atoms with Gasteiger partial charge in [-0.25, -0.2) is 8.42 Å². The van der Waals surface area contributed by atoms with Crippen LogP contribution in [0, 0.1) is 5.92 Å². The molecular formula is C12H24N2O2S. The van der Waals surface area contributed by atoms with Crippen molar-refractivity contribution in [1.29, 1.82) is 0 Å². The van der Waals surface area contributed by atoms with E-state index >= 15 is 0 Å². The number of hydrazine groups is 1. The van der Waals surface area contributed by atoms with E-state index in [1.807, 2.05) is 0 Å². The van der Waals surface area contributed by atoms with Crippen LogP contribution < -0.4 is 11.3 Å². The lowest BCUT2D eigenvalue weighted by Crippen LogP contribution is -2.50. The van der Waals surface area contributed by atoms with Crippen molar-refractivity contribution < 1.29 is 8.42 Å². The van der Waals surface area contributed by atoms with Crippen LogP contribution in [0.25, 0.3) is 0 Å². The molecule has 17 heavy (non-hydrogen) atoms. The van der Waals surface area contributed by atoms with Gasteiger partial charge in [-0.3, -0.25) is 11.3 Å². The van der Waals surface area contributed by atoms with E-state index in [0.717, 1.165) is 25.7 Å². The third-order valence-corrected chi connectivity index (χ3v) is 6.70. The fourth-order valence-corrected chi connectivity index (χ4v) is 5.49. The normalized spacial score (nSPS) is 31.5. The minimum Gasteiger partial charge on any atom is -0.271 e. The first-order chi connectivity index (χ1) is 8.13. The van der Waals surface area contributed by atoms with Gasteiger partial charge in [0.05, 0.1) is 11.0 Å². The molecule has 0 amide bonds. The molecule has 100 valence electrons. The Morgan fingerprint density at radius 3 is 2.35 bits per heavy atom. The van der Waals surface area contributed by atoms with E-state index in [1.165, 1.54) is 25.7 Å². The Bertz CT molecular complexity index is 336. The summed E-state index contributed by atoms with van der Waals surface area (Å²) in [6.07, 6.45) is 8.62. The lowest BCUT2D eigenvalue weighted by atomic mass is 9.94. The van der Waals surface area contributed by atoms with Crippen LogP contribution in [0.2, 0.25) is 0 Å². The van der Waals surface area contributed by atoms with Crippen molar-refractivity contribution in [2.75, 3.05) is 5.75 Å². The molecule has 2 fully saturated rings. The van der Waals surface area contributed by atoms with Gasteiger partial charge in [-0.2, -0.15) is 0 Å². The SMILES string of the molecule is NNC(CC1CCCC1)C1CCCCS1(=O)=O. The highest BCUT2D eigenvalue weighted by molar-refractivity contribution is 7.92. The van der Waals surface area contributed by atoms with Gasteiger partial charge in [0.1, 0.15) is 0 Å². The minimum atomic E-state index is -2.92. The Balaban J connectivity index is 2.00. The molecule has 1 saturated heterocycles. The molecule has 2 unspecified atom stereocenters. The fraction of sp³-hybridized carbons (Fsp3) is 1.00. The summed E-state index contributed by atoms with van der Waals surface area (Å²) < 4.78 is 24.1. The van der Waals surface area contributed by atoms with Crippen LogP contribution >= 0.6 is 0 Å². The van der Waals surface area contributed by atoms with Crippen LogP contribution in [-0.2, 0) is 9.84 Å². The Morgan fingerprint density at radius 1 is 1.12 bits per heavy atom. The van der Waals surface area contributed by atoms with Crippen molar-refractivity contribution in [2.45, 2.75) is 62.7 Å². The standard InChI is InChI=1S/C12H24N2O2S/c13-14-11(9-10-5-1-2-6-10)12-7-3-4-8-17(12,15)16/h10-12,14H,1-9,13H2. The van der Waals surface area contributed by atoms with Gasteiger partial charge in [0.2, 0.25) is 0 Å². The third-order valence-electron chi connectivity index (χ3n) is 4.35. The zero-order chi connectivity index (χ0) is 12.3. The van der Waals surface area contributed by atoms with E-state index in [1.54, 1.807) is 0 Å². The number of nitrogens with two attached hydrogens (primary N) is 1. The highest BCUT2D eigenvalue weighted by atomic mass is 32.2. The van der Waals surface area contributed by atoms with E-state index in [9.17, 15) is 8.42 Å². The molecular weight excluding hydrogens is 236 g/mol. The topological polar surface area (TPSA) is 72.2 Å². The summed E-state index contributed by atoms with van der Waals surface area (Å²) in [4.78, 5) is 0. The molecule has 1 heterocycles. The average molecular weight is 260 g/mol. The van der Waals surface area contributed by atoms with Gasteiger partial charge in [-0.1, -0.05) is 32.1 Å². The molecule has 0 spiro atoms. The number of hydrogen-bond donors (Lipinski definition) is 2. The largest absolute Gasteiger partial charge is 0.271 e. The molecule has 0 aromatic rings. The first-order valence-corrected chi connectivity index (χ1v) is 8.53. The van der Waals surface area contributed by atoms with Gasteiger partial charge >= 0.3 is 0 Å². The van der Waals surface area contributed by atoms with Gasteiger partial charge in [0, 0.05) is 6.04 Å². The summed E-state index contributed by atoms with van der Waals surface area (Å²) >= 11 is 0. The van der Waals surface area contributed by atoms with Crippen molar-refractivity contribution >= 4 is 9.84 Å². The summed E-state index contributed by atoms with van der Waals surface area (Å²) in [6.45, 7) is 0. The van der Waals surface area contributed by atoms with Crippen LogP contribution in [0.3, 0.4) is 0 Å². The monoisotopic (exact) mass is 260 g/mol. The lowest BCUT2D eigenvalue weighted by Gasteiger charge is -2.31. The zero-order valence-corrected chi connectivity index (χ0v) is 11.2. The lowest BCUT2D eigenvalue weighted by molar-refractivity contribution is 0.359. The molecule has 2 rings (SSSR count). The predicted octanol–water partition coefficient (Wildman–Crippen LogP) is 1.37. The van der Waals surface area contributed by atoms with Gasteiger partial charge in [0.25, 0.3) is 0 Å². The minimum absolute atomic E-state index is 0.0385. The van der Waals surface area contributed by atoms with Crippen molar-refractivity contribution in [3.63, 3.8) is 0 Å². The second-order valence-electron chi connectivity index (χ2n) is 5.56. The zero-order valence-electron chi connectivity index (χ0n) is 10.4. The molecule has 0 bridgehead atoms. The first-order valence-electron chi connectivity index (χ1n) is 6.81. The van der Waals surface area contributed by atoms with Crippen LogP contribution in [0.4, 0.5) is 0 Å². The van der Waals surface area contributed by atoms with E-state index in [0.29, 0.717) is 11.7 Å². The molecule has 2 aliphatic rings. The van der Waals surface area contributed by atoms with Crippen LogP contribution in [0.5, 0.6) is 0 Å². The molecule has 5 heteroatoms. The average Bonchev–Trinajstić information content (AvgIpc) is 2.79. The van der Waals surface area contributed by atoms with Crippen LogP contribution in [0.15, 0.2) is 0 Å². The highest BCUT2D eigenvalue weighted by Crippen LogP contribution is 2.32. The van der Waals surface area contributed by atoms with E-state index in [4.69, 9.17) is 5.84 Å². The van der Waals surface area contributed by atoms with E-state index < -0.39 is 9.84 Å². The Hall–Kier alpha value is -0.130. The van der Waals surface area contributed by atoms with Gasteiger partial charge in [-0.05, 0) is 25.2 Å². The molecule has 0 aromatic carbocycles. The Kier molecular flexibility index (Phi) is 4.44.